The van der Waals surface area contributed by atoms with E-state index >= 15 is 0 Å². The van der Waals surface area contributed by atoms with Crippen LogP contribution in [0.15, 0.2) is 23.8 Å². The lowest BCUT2D eigenvalue weighted by molar-refractivity contribution is 0.0495. The van der Waals surface area contributed by atoms with Gasteiger partial charge in [0.25, 0.3) is 0 Å². The van der Waals surface area contributed by atoms with Gasteiger partial charge >= 0.3 is 5.97 Å². The Bertz CT molecular complexity index is 499. The zero-order chi connectivity index (χ0) is 16.4. The predicted molar refractivity (Wildman–Crippen MR) is 91.4 cm³/mol. The van der Waals surface area contributed by atoms with Gasteiger partial charge in [0.05, 0.1) is 13.2 Å². The Balaban J connectivity index is 2.92. The molecule has 0 amide bonds. The molecule has 0 saturated carbocycles. The average Bonchev–Trinajstić information content (AvgIpc) is 2.47. The second-order valence-corrected chi connectivity index (χ2v) is 5.67. The van der Waals surface area contributed by atoms with Crippen LogP contribution in [0.25, 0.3) is 6.08 Å². The fourth-order valence-electron chi connectivity index (χ4n) is 1.96. The van der Waals surface area contributed by atoms with E-state index in [1.165, 1.54) is 5.57 Å². The Morgan fingerprint density at radius 3 is 2.41 bits per heavy atom. The number of rotatable bonds is 9. The van der Waals surface area contributed by atoms with Gasteiger partial charge in [-0.15, -0.1) is 0 Å². The molecule has 0 saturated heterocycles. The second-order valence-electron chi connectivity index (χ2n) is 5.67. The summed E-state index contributed by atoms with van der Waals surface area (Å²) in [6.07, 6.45) is 5.99. The Labute approximate surface area is 134 Å². The maximum Gasteiger partial charge on any atom is 0.341 e. The minimum atomic E-state index is -0.302. The number of allylic oxidation sites excluding steroid dienone is 1. The van der Waals surface area contributed by atoms with E-state index in [-0.39, 0.29) is 5.97 Å². The molecule has 0 radical (unpaired) electrons. The number of carbonyl (C=O) groups excluding carboxylic acids is 1. The summed E-state index contributed by atoms with van der Waals surface area (Å²) in [4.78, 5) is 12.2. The molecule has 0 aliphatic heterocycles. The van der Waals surface area contributed by atoms with Gasteiger partial charge in [-0.3, -0.25) is 0 Å². The molecule has 1 aromatic rings. The molecule has 122 valence electrons. The molecule has 0 unspecified atom stereocenters. The highest BCUT2D eigenvalue weighted by Crippen LogP contribution is 2.23. The van der Waals surface area contributed by atoms with Gasteiger partial charge in [0.1, 0.15) is 11.3 Å². The third kappa shape index (κ3) is 6.33. The second kappa shape index (κ2) is 10.0. The Morgan fingerprint density at radius 2 is 1.77 bits per heavy atom. The first-order valence-electron chi connectivity index (χ1n) is 8.17. The summed E-state index contributed by atoms with van der Waals surface area (Å²) in [6.45, 7) is 9.35. The van der Waals surface area contributed by atoms with Crippen molar-refractivity contribution in [3.8, 4) is 5.75 Å². The van der Waals surface area contributed by atoms with E-state index in [1.807, 2.05) is 26.0 Å². The smallest absolute Gasteiger partial charge is 0.341 e. The summed E-state index contributed by atoms with van der Waals surface area (Å²) in [6, 6.07) is 5.64. The largest absolute Gasteiger partial charge is 0.493 e. The van der Waals surface area contributed by atoms with Gasteiger partial charge in [0.15, 0.2) is 0 Å². The van der Waals surface area contributed by atoms with Crippen LogP contribution in [-0.4, -0.2) is 19.2 Å². The van der Waals surface area contributed by atoms with Crippen LogP contribution in [-0.2, 0) is 4.74 Å². The van der Waals surface area contributed by atoms with Crippen molar-refractivity contribution in [2.75, 3.05) is 13.2 Å². The molecule has 0 atom stereocenters. The van der Waals surface area contributed by atoms with Gasteiger partial charge < -0.3 is 9.47 Å². The number of unbranched alkanes of at least 4 members (excludes halogenated alkanes) is 2. The first kappa shape index (κ1) is 18.3. The molecule has 0 aliphatic rings. The lowest BCUT2D eigenvalue weighted by Gasteiger charge is -2.12. The van der Waals surface area contributed by atoms with Crippen molar-refractivity contribution in [2.45, 2.75) is 53.4 Å². The molecule has 1 rings (SSSR count). The van der Waals surface area contributed by atoms with Crippen LogP contribution in [0.5, 0.6) is 5.75 Å². The molecule has 0 N–H and O–H groups in total. The number of benzene rings is 1. The van der Waals surface area contributed by atoms with Gasteiger partial charge in [0.2, 0.25) is 0 Å². The molecule has 3 nitrogen and oxygen atoms in total. The molecule has 1 aromatic carbocycles. The molecule has 0 spiro atoms. The quantitative estimate of drug-likeness (QED) is 0.462. The van der Waals surface area contributed by atoms with E-state index in [4.69, 9.17) is 9.47 Å². The van der Waals surface area contributed by atoms with Crippen LogP contribution >= 0.6 is 0 Å². The van der Waals surface area contributed by atoms with Crippen LogP contribution in [0.2, 0.25) is 0 Å². The summed E-state index contributed by atoms with van der Waals surface area (Å²) in [5.74, 6) is 0.314. The number of ether oxygens (including phenoxy) is 2. The van der Waals surface area contributed by atoms with Crippen molar-refractivity contribution in [1.29, 1.82) is 0 Å². The number of hydrogen-bond acceptors (Lipinski definition) is 3. The van der Waals surface area contributed by atoms with Crippen molar-refractivity contribution in [1.82, 2.24) is 0 Å². The zero-order valence-corrected chi connectivity index (χ0v) is 14.3. The fraction of sp³-hybridized carbons (Fsp3) is 0.526. The van der Waals surface area contributed by atoms with Gasteiger partial charge in [-0.25, -0.2) is 4.79 Å². The molecule has 0 bridgehead atoms. The lowest BCUT2D eigenvalue weighted by atomic mass is 10.1. The molecule has 22 heavy (non-hydrogen) atoms. The van der Waals surface area contributed by atoms with E-state index in [0.29, 0.717) is 24.5 Å². The first-order chi connectivity index (χ1) is 10.6. The summed E-state index contributed by atoms with van der Waals surface area (Å²) < 4.78 is 11.1. The fourth-order valence-corrected chi connectivity index (χ4v) is 1.96. The lowest BCUT2D eigenvalue weighted by Crippen LogP contribution is -2.09. The average molecular weight is 304 g/mol. The van der Waals surface area contributed by atoms with E-state index in [2.05, 4.69) is 19.9 Å². The van der Waals surface area contributed by atoms with Crippen LogP contribution in [0.4, 0.5) is 0 Å². The van der Waals surface area contributed by atoms with Crippen molar-refractivity contribution in [2.24, 2.45) is 0 Å². The van der Waals surface area contributed by atoms with Crippen molar-refractivity contribution in [3.63, 3.8) is 0 Å². The van der Waals surface area contributed by atoms with E-state index in [9.17, 15) is 4.79 Å². The Hall–Kier alpha value is -1.77. The summed E-state index contributed by atoms with van der Waals surface area (Å²) in [7, 11) is 0. The van der Waals surface area contributed by atoms with Crippen LogP contribution in [0, 0.1) is 0 Å². The number of esters is 1. The first-order valence-corrected chi connectivity index (χ1v) is 8.17. The molecule has 3 heteroatoms. The number of hydrogen-bond donors (Lipinski definition) is 0. The van der Waals surface area contributed by atoms with Gasteiger partial charge in [-0.2, -0.15) is 0 Å². The normalized spacial score (nSPS) is 10.2. The predicted octanol–water partition coefficient (Wildman–Crippen LogP) is 5.25. The third-order valence-corrected chi connectivity index (χ3v) is 3.17. The SMILES string of the molecule is CCCCOC(=O)c1ccc(C=C(C)C)cc1OCCCC. The summed E-state index contributed by atoms with van der Waals surface area (Å²) >= 11 is 0. The molecular formula is C19H28O3. The topological polar surface area (TPSA) is 35.5 Å². The van der Waals surface area contributed by atoms with Crippen molar-refractivity contribution < 1.29 is 14.3 Å². The van der Waals surface area contributed by atoms with Crippen molar-refractivity contribution >= 4 is 12.0 Å². The van der Waals surface area contributed by atoms with E-state index in [1.54, 1.807) is 6.07 Å². The molecular weight excluding hydrogens is 276 g/mol. The van der Waals surface area contributed by atoms with Gasteiger partial charge in [-0.1, -0.05) is 44.4 Å². The maximum absolute atomic E-state index is 12.2. The standard InChI is InChI=1S/C19H28O3/c1-5-7-11-21-18-14-16(13-15(3)4)9-10-17(18)19(20)22-12-8-6-2/h9-10,13-14H,5-8,11-12H2,1-4H3. The molecule has 0 aromatic heterocycles. The molecule has 0 heterocycles. The third-order valence-electron chi connectivity index (χ3n) is 3.17. The monoisotopic (exact) mass is 304 g/mol. The van der Waals surface area contributed by atoms with Crippen LogP contribution in [0.3, 0.4) is 0 Å². The van der Waals surface area contributed by atoms with E-state index < -0.39 is 0 Å². The van der Waals surface area contributed by atoms with Crippen LogP contribution in [0.1, 0.15) is 69.3 Å². The van der Waals surface area contributed by atoms with Gasteiger partial charge in [0, 0.05) is 0 Å². The summed E-state index contributed by atoms with van der Waals surface area (Å²) in [5.41, 5.74) is 2.76. The Kier molecular flexibility index (Phi) is 8.34. The highest BCUT2D eigenvalue weighted by molar-refractivity contribution is 5.93. The van der Waals surface area contributed by atoms with Crippen LogP contribution < -0.4 is 4.74 Å². The molecule has 0 fully saturated rings. The van der Waals surface area contributed by atoms with E-state index in [0.717, 1.165) is 31.2 Å². The minimum Gasteiger partial charge on any atom is -0.493 e. The minimum absolute atomic E-state index is 0.302. The Morgan fingerprint density at radius 1 is 1.09 bits per heavy atom. The number of carbonyl (C=O) groups is 1. The van der Waals surface area contributed by atoms with Gasteiger partial charge in [-0.05, 0) is 44.4 Å². The highest BCUT2D eigenvalue weighted by atomic mass is 16.5. The molecule has 0 aliphatic carbocycles. The zero-order valence-electron chi connectivity index (χ0n) is 14.3. The highest BCUT2D eigenvalue weighted by Gasteiger charge is 2.14. The summed E-state index contributed by atoms with van der Waals surface area (Å²) in [5, 5.41) is 0. The van der Waals surface area contributed by atoms with Crippen molar-refractivity contribution in [3.05, 3.63) is 34.9 Å². The maximum atomic E-state index is 12.2.